The standard InChI is InChI=1S/C21H20N4O2/c1-14(2)22-19(26)13-25-12-17(16-10-6-7-11-18(16)25)21-24-23-20(27-21)15-8-4-3-5-9-15/h3-12,14H,13H2,1-2H3,(H,22,26). The molecule has 0 saturated carbocycles. The van der Waals surface area contributed by atoms with Crippen LogP contribution in [0.4, 0.5) is 0 Å². The van der Waals surface area contributed by atoms with Gasteiger partial charge in [-0.1, -0.05) is 36.4 Å². The minimum Gasteiger partial charge on any atom is -0.416 e. The lowest BCUT2D eigenvalue weighted by Crippen LogP contribution is -2.32. The molecule has 27 heavy (non-hydrogen) atoms. The fourth-order valence-corrected chi connectivity index (χ4v) is 3.10. The monoisotopic (exact) mass is 360 g/mol. The number of nitrogens with one attached hydrogen (secondary N) is 1. The summed E-state index contributed by atoms with van der Waals surface area (Å²) < 4.78 is 7.82. The first kappa shape index (κ1) is 17.0. The van der Waals surface area contributed by atoms with Crippen molar-refractivity contribution >= 4 is 16.8 Å². The summed E-state index contributed by atoms with van der Waals surface area (Å²) in [6.07, 6.45) is 1.90. The summed E-state index contributed by atoms with van der Waals surface area (Å²) in [5.74, 6) is 0.876. The Bertz CT molecular complexity index is 1080. The van der Waals surface area contributed by atoms with Gasteiger partial charge in [-0.05, 0) is 32.0 Å². The Morgan fingerprint density at radius 1 is 1.04 bits per heavy atom. The van der Waals surface area contributed by atoms with Crippen molar-refractivity contribution in [3.8, 4) is 22.9 Å². The fraction of sp³-hybridized carbons (Fsp3) is 0.190. The molecule has 0 aliphatic heterocycles. The van der Waals surface area contributed by atoms with Crippen molar-refractivity contribution in [3.05, 3.63) is 60.8 Å². The van der Waals surface area contributed by atoms with Gasteiger partial charge in [-0.15, -0.1) is 10.2 Å². The number of nitrogens with zero attached hydrogens (tertiary/aromatic N) is 3. The van der Waals surface area contributed by atoms with Crippen LogP contribution in [0.2, 0.25) is 0 Å². The summed E-state index contributed by atoms with van der Waals surface area (Å²) in [6.45, 7) is 4.12. The molecule has 2 aromatic carbocycles. The lowest BCUT2D eigenvalue weighted by Gasteiger charge is -2.09. The first-order valence-electron chi connectivity index (χ1n) is 8.88. The van der Waals surface area contributed by atoms with Gasteiger partial charge in [0.25, 0.3) is 0 Å². The van der Waals surface area contributed by atoms with Gasteiger partial charge in [-0.2, -0.15) is 0 Å². The summed E-state index contributed by atoms with van der Waals surface area (Å²) in [5.41, 5.74) is 2.64. The van der Waals surface area contributed by atoms with Gasteiger partial charge in [0.15, 0.2) is 0 Å². The van der Waals surface area contributed by atoms with E-state index in [1.165, 1.54) is 0 Å². The molecule has 0 saturated heterocycles. The van der Waals surface area contributed by atoms with Crippen molar-refractivity contribution in [3.63, 3.8) is 0 Å². The lowest BCUT2D eigenvalue weighted by molar-refractivity contribution is -0.122. The van der Waals surface area contributed by atoms with Gasteiger partial charge < -0.3 is 14.3 Å². The second-order valence-electron chi connectivity index (χ2n) is 6.69. The smallest absolute Gasteiger partial charge is 0.250 e. The molecule has 0 aliphatic carbocycles. The van der Waals surface area contributed by atoms with Gasteiger partial charge in [0.2, 0.25) is 17.7 Å². The van der Waals surface area contributed by atoms with Gasteiger partial charge in [0.05, 0.1) is 5.56 Å². The van der Waals surface area contributed by atoms with E-state index in [-0.39, 0.29) is 18.5 Å². The van der Waals surface area contributed by atoms with Crippen LogP contribution >= 0.6 is 0 Å². The number of hydrogen-bond acceptors (Lipinski definition) is 4. The number of para-hydroxylation sites is 1. The molecule has 0 aliphatic rings. The van der Waals surface area contributed by atoms with Crippen LogP contribution in [0.3, 0.4) is 0 Å². The van der Waals surface area contributed by atoms with E-state index in [1.54, 1.807) is 0 Å². The highest BCUT2D eigenvalue weighted by molar-refractivity contribution is 5.95. The highest BCUT2D eigenvalue weighted by atomic mass is 16.4. The molecule has 0 radical (unpaired) electrons. The fourth-order valence-electron chi connectivity index (χ4n) is 3.10. The minimum absolute atomic E-state index is 0.0344. The molecule has 0 unspecified atom stereocenters. The van der Waals surface area contributed by atoms with Crippen molar-refractivity contribution in [2.45, 2.75) is 26.4 Å². The van der Waals surface area contributed by atoms with Gasteiger partial charge in [0, 0.05) is 28.7 Å². The first-order chi connectivity index (χ1) is 13.1. The molecule has 6 heteroatoms. The van der Waals surface area contributed by atoms with Crippen molar-refractivity contribution in [1.82, 2.24) is 20.1 Å². The number of benzene rings is 2. The van der Waals surface area contributed by atoms with Gasteiger partial charge in [0.1, 0.15) is 6.54 Å². The maximum absolute atomic E-state index is 12.2. The molecule has 6 nitrogen and oxygen atoms in total. The van der Waals surface area contributed by atoms with E-state index in [0.717, 1.165) is 22.0 Å². The van der Waals surface area contributed by atoms with Crippen LogP contribution < -0.4 is 5.32 Å². The number of hydrogen-bond donors (Lipinski definition) is 1. The highest BCUT2D eigenvalue weighted by Crippen LogP contribution is 2.31. The third-order valence-corrected chi connectivity index (χ3v) is 4.23. The molecule has 0 spiro atoms. The van der Waals surface area contributed by atoms with Gasteiger partial charge in [-0.25, -0.2) is 0 Å². The Kier molecular flexibility index (Phi) is 4.46. The molecule has 0 fully saturated rings. The molecular formula is C21H20N4O2. The van der Waals surface area contributed by atoms with E-state index < -0.39 is 0 Å². The second-order valence-corrected chi connectivity index (χ2v) is 6.69. The molecule has 4 aromatic rings. The number of rotatable bonds is 5. The molecule has 0 atom stereocenters. The van der Waals surface area contributed by atoms with Crippen LogP contribution in [-0.2, 0) is 11.3 Å². The summed E-state index contributed by atoms with van der Waals surface area (Å²) >= 11 is 0. The molecule has 2 heterocycles. The summed E-state index contributed by atoms with van der Waals surface area (Å²) in [4.78, 5) is 12.2. The van der Waals surface area contributed by atoms with E-state index in [4.69, 9.17) is 4.42 Å². The van der Waals surface area contributed by atoms with Crippen LogP contribution in [0.5, 0.6) is 0 Å². The third-order valence-electron chi connectivity index (χ3n) is 4.23. The molecule has 1 amide bonds. The molecule has 2 aromatic heterocycles. The average molecular weight is 360 g/mol. The van der Waals surface area contributed by atoms with Crippen LogP contribution in [0.1, 0.15) is 13.8 Å². The summed E-state index contributed by atoms with van der Waals surface area (Å²) in [7, 11) is 0. The largest absolute Gasteiger partial charge is 0.416 e. The van der Waals surface area contributed by atoms with Crippen LogP contribution in [0.25, 0.3) is 33.8 Å². The van der Waals surface area contributed by atoms with Crippen molar-refractivity contribution < 1.29 is 9.21 Å². The van der Waals surface area contributed by atoms with Gasteiger partial charge >= 0.3 is 0 Å². The minimum atomic E-state index is -0.0344. The number of amides is 1. The predicted octanol–water partition coefficient (Wildman–Crippen LogP) is 3.88. The normalized spacial score (nSPS) is 11.2. The maximum atomic E-state index is 12.2. The van der Waals surface area contributed by atoms with Crippen molar-refractivity contribution in [2.24, 2.45) is 0 Å². The van der Waals surface area contributed by atoms with Crippen LogP contribution in [-0.4, -0.2) is 26.7 Å². The Balaban J connectivity index is 1.72. The number of aromatic nitrogens is 3. The molecule has 136 valence electrons. The molecule has 1 N–H and O–H groups in total. The summed E-state index contributed by atoms with van der Waals surface area (Å²) in [5, 5.41) is 12.3. The Morgan fingerprint density at radius 2 is 1.74 bits per heavy atom. The highest BCUT2D eigenvalue weighted by Gasteiger charge is 2.17. The summed E-state index contributed by atoms with van der Waals surface area (Å²) in [6, 6.07) is 17.6. The first-order valence-corrected chi connectivity index (χ1v) is 8.88. The van der Waals surface area contributed by atoms with Gasteiger partial charge in [-0.3, -0.25) is 4.79 Å². The van der Waals surface area contributed by atoms with Crippen molar-refractivity contribution in [1.29, 1.82) is 0 Å². The zero-order valence-corrected chi connectivity index (χ0v) is 15.2. The quantitative estimate of drug-likeness (QED) is 0.586. The number of carbonyl (C=O) groups is 1. The predicted molar refractivity (Wildman–Crippen MR) is 104 cm³/mol. The molecule has 0 bridgehead atoms. The van der Waals surface area contributed by atoms with E-state index in [0.29, 0.717) is 11.8 Å². The topological polar surface area (TPSA) is 73.0 Å². The second kappa shape index (κ2) is 7.07. The SMILES string of the molecule is CC(C)NC(=O)Cn1cc(-c2nnc(-c3ccccc3)o2)c2ccccc21. The molecule has 4 rings (SSSR count). The Hall–Kier alpha value is -3.41. The maximum Gasteiger partial charge on any atom is 0.250 e. The van der Waals surface area contributed by atoms with E-state index >= 15 is 0 Å². The third kappa shape index (κ3) is 3.46. The zero-order chi connectivity index (χ0) is 18.8. The van der Waals surface area contributed by atoms with Crippen LogP contribution in [0, 0.1) is 0 Å². The van der Waals surface area contributed by atoms with E-state index in [2.05, 4.69) is 15.5 Å². The zero-order valence-electron chi connectivity index (χ0n) is 15.2. The molecular weight excluding hydrogens is 340 g/mol. The Labute approximate surface area is 156 Å². The van der Waals surface area contributed by atoms with E-state index in [1.807, 2.05) is 79.2 Å². The number of fused-ring (bicyclic) bond motifs is 1. The van der Waals surface area contributed by atoms with E-state index in [9.17, 15) is 4.79 Å². The van der Waals surface area contributed by atoms with Crippen molar-refractivity contribution in [2.75, 3.05) is 0 Å². The lowest BCUT2D eigenvalue weighted by atomic mass is 10.2. The number of carbonyl (C=O) groups excluding carboxylic acids is 1. The van der Waals surface area contributed by atoms with Crippen LogP contribution in [0.15, 0.2) is 65.2 Å². The Morgan fingerprint density at radius 3 is 2.52 bits per heavy atom. The average Bonchev–Trinajstić information content (AvgIpc) is 3.27.